The SMILES string of the molecule is Clc1cnc(Oc2ccc3cn[nH]c3c2)cn1. The topological polar surface area (TPSA) is 63.7 Å². The zero-order valence-electron chi connectivity index (χ0n) is 8.59. The molecular weight excluding hydrogens is 240 g/mol. The van der Waals surface area contributed by atoms with Crippen LogP contribution in [-0.2, 0) is 0 Å². The third-order valence-electron chi connectivity index (χ3n) is 2.23. The van der Waals surface area contributed by atoms with Crippen LogP contribution in [0.3, 0.4) is 0 Å². The van der Waals surface area contributed by atoms with Crippen LogP contribution in [-0.4, -0.2) is 20.2 Å². The number of hydrogen-bond donors (Lipinski definition) is 1. The first-order valence-electron chi connectivity index (χ1n) is 4.90. The number of rotatable bonds is 2. The van der Waals surface area contributed by atoms with E-state index in [1.165, 1.54) is 12.4 Å². The number of nitrogens with one attached hydrogen (secondary N) is 1. The molecule has 2 heterocycles. The second-order valence-corrected chi connectivity index (χ2v) is 3.79. The highest BCUT2D eigenvalue weighted by Crippen LogP contribution is 2.23. The summed E-state index contributed by atoms with van der Waals surface area (Å²) in [6, 6.07) is 5.60. The van der Waals surface area contributed by atoms with Crippen molar-refractivity contribution in [1.29, 1.82) is 0 Å². The van der Waals surface area contributed by atoms with Gasteiger partial charge in [-0.25, -0.2) is 9.97 Å². The number of hydrogen-bond acceptors (Lipinski definition) is 4. The lowest BCUT2D eigenvalue weighted by atomic mass is 10.2. The van der Waals surface area contributed by atoms with Crippen LogP contribution in [0.15, 0.2) is 36.8 Å². The number of nitrogens with zero attached hydrogens (tertiary/aromatic N) is 3. The number of benzene rings is 1. The molecule has 6 heteroatoms. The first-order chi connectivity index (χ1) is 8.31. The minimum Gasteiger partial charge on any atom is -0.437 e. The zero-order chi connectivity index (χ0) is 11.7. The largest absolute Gasteiger partial charge is 0.437 e. The van der Waals surface area contributed by atoms with E-state index in [9.17, 15) is 0 Å². The fourth-order valence-corrected chi connectivity index (χ4v) is 1.55. The Kier molecular flexibility index (Phi) is 2.38. The van der Waals surface area contributed by atoms with Gasteiger partial charge in [0.1, 0.15) is 10.9 Å². The second-order valence-electron chi connectivity index (χ2n) is 3.40. The highest BCUT2D eigenvalue weighted by atomic mass is 35.5. The number of ether oxygens (including phenoxy) is 1. The summed E-state index contributed by atoms with van der Waals surface area (Å²) in [7, 11) is 0. The fourth-order valence-electron chi connectivity index (χ4n) is 1.45. The summed E-state index contributed by atoms with van der Waals surface area (Å²) in [6.45, 7) is 0. The molecule has 0 bridgehead atoms. The van der Waals surface area contributed by atoms with Crippen molar-refractivity contribution in [2.75, 3.05) is 0 Å². The van der Waals surface area contributed by atoms with Gasteiger partial charge in [0, 0.05) is 11.5 Å². The molecule has 0 aliphatic heterocycles. The van der Waals surface area contributed by atoms with Crippen LogP contribution in [0.4, 0.5) is 0 Å². The van der Waals surface area contributed by atoms with Gasteiger partial charge in [0.25, 0.3) is 0 Å². The van der Waals surface area contributed by atoms with Gasteiger partial charge in [0.15, 0.2) is 0 Å². The predicted octanol–water partition coefficient (Wildman–Crippen LogP) is 2.80. The second kappa shape index (κ2) is 4.03. The molecule has 0 fully saturated rings. The molecule has 84 valence electrons. The molecule has 0 atom stereocenters. The molecule has 0 aliphatic rings. The van der Waals surface area contributed by atoms with E-state index < -0.39 is 0 Å². The predicted molar refractivity (Wildman–Crippen MR) is 63.2 cm³/mol. The summed E-state index contributed by atoms with van der Waals surface area (Å²) < 4.78 is 5.53. The number of H-pyrrole nitrogens is 1. The third kappa shape index (κ3) is 2.05. The van der Waals surface area contributed by atoms with Gasteiger partial charge < -0.3 is 4.74 Å². The molecule has 0 amide bonds. The average molecular weight is 247 g/mol. The molecule has 1 aromatic carbocycles. The van der Waals surface area contributed by atoms with E-state index in [0.29, 0.717) is 16.8 Å². The van der Waals surface area contributed by atoms with Gasteiger partial charge in [0.2, 0.25) is 5.88 Å². The van der Waals surface area contributed by atoms with Gasteiger partial charge in [-0.3, -0.25) is 5.10 Å². The van der Waals surface area contributed by atoms with Gasteiger partial charge in [-0.1, -0.05) is 11.6 Å². The first-order valence-corrected chi connectivity index (χ1v) is 5.27. The molecule has 0 aliphatic carbocycles. The maximum absolute atomic E-state index is 5.64. The molecule has 0 saturated heterocycles. The Labute approximate surface area is 101 Å². The van der Waals surface area contributed by atoms with Gasteiger partial charge in [-0.2, -0.15) is 5.10 Å². The van der Waals surface area contributed by atoms with E-state index >= 15 is 0 Å². The molecule has 3 rings (SSSR count). The van der Waals surface area contributed by atoms with Crippen LogP contribution < -0.4 is 4.74 Å². The maximum Gasteiger partial charge on any atom is 0.237 e. The van der Waals surface area contributed by atoms with Crippen molar-refractivity contribution in [3.63, 3.8) is 0 Å². The molecular formula is C11H7ClN4O. The van der Waals surface area contributed by atoms with E-state index in [2.05, 4.69) is 20.2 Å². The Balaban J connectivity index is 1.91. The smallest absolute Gasteiger partial charge is 0.237 e. The third-order valence-corrected chi connectivity index (χ3v) is 2.43. The van der Waals surface area contributed by atoms with Crippen molar-refractivity contribution in [2.24, 2.45) is 0 Å². The summed E-state index contributed by atoms with van der Waals surface area (Å²) in [5, 5.41) is 8.16. The Morgan fingerprint density at radius 1 is 1.12 bits per heavy atom. The van der Waals surface area contributed by atoms with Crippen LogP contribution in [0.1, 0.15) is 0 Å². The standard InChI is InChI=1S/C11H7ClN4O/c12-10-5-14-11(6-13-10)17-8-2-1-7-4-15-16-9(7)3-8/h1-6H,(H,15,16). The molecule has 0 saturated carbocycles. The lowest BCUT2D eigenvalue weighted by molar-refractivity contribution is 0.461. The number of aromatic amines is 1. The van der Waals surface area contributed by atoms with Crippen molar-refractivity contribution in [3.05, 3.63) is 41.9 Å². The molecule has 5 nitrogen and oxygen atoms in total. The van der Waals surface area contributed by atoms with Gasteiger partial charge in [0.05, 0.1) is 24.1 Å². The Hall–Kier alpha value is -2.14. The van der Waals surface area contributed by atoms with Crippen molar-refractivity contribution in [1.82, 2.24) is 20.2 Å². The van der Waals surface area contributed by atoms with Gasteiger partial charge >= 0.3 is 0 Å². The van der Waals surface area contributed by atoms with Gasteiger partial charge in [-0.05, 0) is 12.1 Å². The molecule has 17 heavy (non-hydrogen) atoms. The van der Waals surface area contributed by atoms with Crippen LogP contribution in [0.2, 0.25) is 5.15 Å². The first kappa shape index (κ1) is 10.0. The van der Waals surface area contributed by atoms with Crippen LogP contribution in [0.5, 0.6) is 11.6 Å². The van der Waals surface area contributed by atoms with Crippen LogP contribution in [0, 0.1) is 0 Å². The molecule has 0 radical (unpaired) electrons. The monoisotopic (exact) mass is 246 g/mol. The highest BCUT2D eigenvalue weighted by molar-refractivity contribution is 6.29. The Morgan fingerprint density at radius 2 is 2.06 bits per heavy atom. The summed E-state index contributed by atoms with van der Waals surface area (Å²) in [4.78, 5) is 7.88. The molecule has 0 spiro atoms. The average Bonchev–Trinajstić information content (AvgIpc) is 2.79. The summed E-state index contributed by atoms with van der Waals surface area (Å²) in [5.74, 6) is 1.06. The van der Waals surface area contributed by atoms with E-state index in [1.807, 2.05) is 18.2 Å². The molecule has 1 N–H and O–H groups in total. The van der Waals surface area contributed by atoms with Crippen molar-refractivity contribution < 1.29 is 4.74 Å². The Morgan fingerprint density at radius 3 is 2.88 bits per heavy atom. The number of fused-ring (bicyclic) bond motifs is 1. The lowest BCUT2D eigenvalue weighted by Crippen LogP contribution is -1.88. The van der Waals surface area contributed by atoms with Crippen LogP contribution in [0.25, 0.3) is 10.9 Å². The van der Waals surface area contributed by atoms with Crippen LogP contribution >= 0.6 is 11.6 Å². The highest BCUT2D eigenvalue weighted by Gasteiger charge is 2.02. The van der Waals surface area contributed by atoms with Gasteiger partial charge in [-0.15, -0.1) is 0 Å². The number of aromatic nitrogens is 4. The van der Waals surface area contributed by atoms with Crippen molar-refractivity contribution in [3.8, 4) is 11.6 Å². The summed E-state index contributed by atoms with van der Waals surface area (Å²) in [5.41, 5.74) is 0.907. The fraction of sp³-hybridized carbons (Fsp3) is 0. The summed E-state index contributed by atoms with van der Waals surface area (Å²) in [6.07, 6.45) is 4.66. The lowest BCUT2D eigenvalue weighted by Gasteiger charge is -2.03. The zero-order valence-corrected chi connectivity index (χ0v) is 9.35. The molecule has 3 aromatic rings. The van der Waals surface area contributed by atoms with E-state index in [4.69, 9.17) is 16.3 Å². The normalized spacial score (nSPS) is 10.6. The van der Waals surface area contributed by atoms with Crippen molar-refractivity contribution >= 4 is 22.5 Å². The minimum atomic E-state index is 0.335. The quantitative estimate of drug-likeness (QED) is 0.755. The molecule has 2 aromatic heterocycles. The number of halogens is 1. The Bertz CT molecular complexity index is 650. The van der Waals surface area contributed by atoms with E-state index in [1.54, 1.807) is 6.20 Å². The minimum absolute atomic E-state index is 0.335. The summed E-state index contributed by atoms with van der Waals surface area (Å²) >= 11 is 5.64. The van der Waals surface area contributed by atoms with E-state index in [-0.39, 0.29) is 0 Å². The van der Waals surface area contributed by atoms with E-state index in [0.717, 1.165) is 10.9 Å². The maximum atomic E-state index is 5.64. The van der Waals surface area contributed by atoms with Crippen molar-refractivity contribution in [2.45, 2.75) is 0 Å². The molecule has 0 unspecified atom stereocenters.